The number of methoxy groups -OCH3 is 2. The Morgan fingerprint density at radius 2 is 1.65 bits per heavy atom. The molecule has 0 aliphatic carbocycles. The molecule has 5 rings (SSSR count). The Hall–Kier alpha value is -3.43. The Balaban J connectivity index is 1.35. The van der Waals surface area contributed by atoms with Gasteiger partial charge in [-0.15, -0.1) is 0 Å². The fraction of sp³-hybridized carbons (Fsp3) is 0.250. The number of aromatic nitrogens is 3. The molecule has 0 spiro atoms. The predicted octanol–water partition coefficient (Wildman–Crippen LogP) is 4.39. The number of fused-ring (bicyclic) bond motifs is 1. The minimum atomic E-state index is -0.0486. The first-order chi connectivity index (χ1) is 16.6. The smallest absolute Gasteiger partial charge is 0.254 e. The summed E-state index contributed by atoms with van der Waals surface area (Å²) in [4.78, 5) is 26.2. The number of carbonyl (C=O) groups is 1. The quantitative estimate of drug-likeness (QED) is 0.406. The molecule has 174 valence electrons. The first kappa shape index (κ1) is 22.4. The zero-order valence-corrected chi connectivity index (χ0v) is 20.3. The van der Waals surface area contributed by atoms with Crippen molar-refractivity contribution >= 4 is 45.1 Å². The summed E-state index contributed by atoms with van der Waals surface area (Å²) in [6.45, 7) is 2.47. The van der Waals surface area contributed by atoms with Gasteiger partial charge in [0.15, 0.2) is 5.82 Å². The largest absolute Gasteiger partial charge is 0.497 e. The lowest BCUT2D eigenvalue weighted by Crippen LogP contribution is -2.49. The summed E-state index contributed by atoms with van der Waals surface area (Å²) in [7, 11) is 3.14. The Morgan fingerprint density at radius 1 is 0.971 bits per heavy atom. The van der Waals surface area contributed by atoms with Gasteiger partial charge in [-0.1, -0.05) is 23.7 Å². The number of piperazine rings is 1. The molecule has 0 N–H and O–H groups in total. The van der Waals surface area contributed by atoms with Crippen molar-refractivity contribution in [3.8, 4) is 22.8 Å². The lowest BCUT2D eigenvalue weighted by molar-refractivity contribution is 0.0746. The zero-order chi connectivity index (χ0) is 23.7. The van der Waals surface area contributed by atoms with Crippen LogP contribution in [-0.4, -0.2) is 65.5 Å². The Kier molecular flexibility index (Phi) is 6.21. The first-order valence-electron chi connectivity index (χ1n) is 10.7. The van der Waals surface area contributed by atoms with Crippen molar-refractivity contribution in [3.05, 3.63) is 59.4 Å². The summed E-state index contributed by atoms with van der Waals surface area (Å²) in [5.41, 5.74) is 3.15. The third kappa shape index (κ3) is 4.24. The number of halogens is 1. The average Bonchev–Trinajstić information content (AvgIpc) is 3.33. The van der Waals surface area contributed by atoms with Gasteiger partial charge in [-0.2, -0.15) is 4.37 Å². The van der Waals surface area contributed by atoms with Crippen molar-refractivity contribution in [2.24, 2.45) is 0 Å². The van der Waals surface area contributed by atoms with Crippen molar-refractivity contribution < 1.29 is 14.3 Å². The molecule has 0 radical (unpaired) electrons. The normalized spacial score (nSPS) is 13.9. The van der Waals surface area contributed by atoms with E-state index in [2.05, 4.69) is 19.2 Å². The molecule has 1 aliphatic rings. The second-order valence-corrected chi connectivity index (χ2v) is 9.00. The number of benzene rings is 2. The molecule has 4 aromatic rings. The molecule has 10 heteroatoms. The highest BCUT2D eigenvalue weighted by Crippen LogP contribution is 2.35. The van der Waals surface area contributed by atoms with E-state index in [9.17, 15) is 4.79 Å². The molecule has 0 atom stereocenters. The van der Waals surface area contributed by atoms with E-state index >= 15 is 0 Å². The molecular weight excluding hydrogens is 474 g/mol. The topological polar surface area (TPSA) is 80.7 Å². The average molecular weight is 496 g/mol. The predicted molar refractivity (Wildman–Crippen MR) is 133 cm³/mol. The summed E-state index contributed by atoms with van der Waals surface area (Å²) in [5.74, 6) is 1.98. The van der Waals surface area contributed by atoms with Gasteiger partial charge in [-0.05, 0) is 35.8 Å². The second-order valence-electron chi connectivity index (χ2n) is 7.79. The summed E-state index contributed by atoms with van der Waals surface area (Å²) >= 11 is 7.42. The van der Waals surface area contributed by atoms with Gasteiger partial charge in [0.2, 0.25) is 0 Å². The lowest BCUT2D eigenvalue weighted by atomic mass is 10.1. The Morgan fingerprint density at radius 3 is 2.29 bits per heavy atom. The molecule has 2 aromatic carbocycles. The number of nitrogens with zero attached hydrogens (tertiary/aromatic N) is 5. The summed E-state index contributed by atoms with van der Waals surface area (Å²) in [6.07, 6.45) is 1.57. The zero-order valence-electron chi connectivity index (χ0n) is 18.7. The van der Waals surface area contributed by atoms with Gasteiger partial charge < -0.3 is 19.3 Å². The number of rotatable bonds is 5. The van der Waals surface area contributed by atoms with E-state index in [1.54, 1.807) is 38.7 Å². The molecule has 8 nitrogen and oxygen atoms in total. The van der Waals surface area contributed by atoms with Crippen LogP contribution in [0.1, 0.15) is 10.4 Å². The number of amides is 1. The van der Waals surface area contributed by atoms with E-state index in [-0.39, 0.29) is 5.91 Å². The van der Waals surface area contributed by atoms with Gasteiger partial charge in [0.25, 0.3) is 5.91 Å². The highest BCUT2D eigenvalue weighted by molar-refractivity contribution is 7.14. The summed E-state index contributed by atoms with van der Waals surface area (Å²) < 4.78 is 16.2. The van der Waals surface area contributed by atoms with E-state index in [1.807, 2.05) is 29.2 Å². The van der Waals surface area contributed by atoms with Crippen LogP contribution in [0.15, 0.2) is 48.8 Å². The molecule has 0 unspecified atom stereocenters. The molecule has 1 fully saturated rings. The number of ether oxygens (including phenoxy) is 2. The molecule has 2 aromatic heterocycles. The second kappa shape index (κ2) is 9.44. The van der Waals surface area contributed by atoms with E-state index in [0.717, 1.165) is 27.3 Å². The van der Waals surface area contributed by atoms with Crippen LogP contribution in [-0.2, 0) is 0 Å². The third-order valence-corrected chi connectivity index (χ3v) is 6.90. The SMILES string of the molecule is COc1cc(OC)cc(C(=O)N2CCN(c3ncnc4c(-c5ccc(Cl)cc5)nsc34)CC2)c1. The van der Waals surface area contributed by atoms with E-state index in [1.165, 1.54) is 11.5 Å². The minimum absolute atomic E-state index is 0.0486. The van der Waals surface area contributed by atoms with Crippen molar-refractivity contribution in [3.63, 3.8) is 0 Å². The van der Waals surface area contributed by atoms with Crippen molar-refractivity contribution in [2.45, 2.75) is 0 Å². The van der Waals surface area contributed by atoms with Gasteiger partial charge in [-0.25, -0.2) is 9.97 Å². The van der Waals surface area contributed by atoms with Crippen LogP contribution in [0.3, 0.4) is 0 Å². The van der Waals surface area contributed by atoms with Gasteiger partial charge in [0.05, 0.1) is 14.2 Å². The first-order valence-corrected chi connectivity index (χ1v) is 11.9. The number of carbonyl (C=O) groups excluding carboxylic acids is 1. The molecule has 0 saturated carbocycles. The van der Waals surface area contributed by atoms with Crippen LogP contribution in [0.25, 0.3) is 21.5 Å². The van der Waals surface area contributed by atoms with Crippen LogP contribution in [0.2, 0.25) is 5.02 Å². The molecule has 1 saturated heterocycles. The van der Waals surface area contributed by atoms with Crippen molar-refractivity contribution in [2.75, 3.05) is 45.3 Å². The molecule has 1 aliphatic heterocycles. The number of hydrogen-bond donors (Lipinski definition) is 0. The highest BCUT2D eigenvalue weighted by atomic mass is 35.5. The molecule has 34 heavy (non-hydrogen) atoms. The van der Waals surface area contributed by atoms with E-state index in [4.69, 9.17) is 21.1 Å². The van der Waals surface area contributed by atoms with Crippen LogP contribution < -0.4 is 14.4 Å². The van der Waals surface area contributed by atoms with Gasteiger partial charge in [0, 0.05) is 48.4 Å². The van der Waals surface area contributed by atoms with Crippen molar-refractivity contribution in [1.29, 1.82) is 0 Å². The van der Waals surface area contributed by atoms with Gasteiger partial charge in [0.1, 0.15) is 33.7 Å². The van der Waals surface area contributed by atoms with Gasteiger partial charge in [-0.3, -0.25) is 4.79 Å². The molecule has 0 bridgehead atoms. The van der Waals surface area contributed by atoms with E-state index < -0.39 is 0 Å². The fourth-order valence-corrected chi connectivity index (χ4v) is 5.01. The molecule has 3 heterocycles. The minimum Gasteiger partial charge on any atom is -0.497 e. The van der Waals surface area contributed by atoms with Crippen LogP contribution in [0, 0.1) is 0 Å². The maximum absolute atomic E-state index is 13.1. The standard InChI is InChI=1S/C24H22ClN5O3S/c1-32-18-11-16(12-19(13-18)33-2)24(31)30-9-7-29(8-10-30)23-22-21(26-14-27-23)20(28-34-22)15-3-5-17(25)6-4-15/h3-6,11-14H,7-10H2,1-2H3. The summed E-state index contributed by atoms with van der Waals surface area (Å²) in [6, 6.07) is 12.8. The molecular formula is C24H22ClN5O3S. The number of anilines is 1. The lowest BCUT2D eigenvalue weighted by Gasteiger charge is -2.35. The number of hydrogen-bond acceptors (Lipinski definition) is 8. The van der Waals surface area contributed by atoms with Gasteiger partial charge >= 0.3 is 0 Å². The van der Waals surface area contributed by atoms with Crippen molar-refractivity contribution in [1.82, 2.24) is 19.2 Å². The van der Waals surface area contributed by atoms with E-state index in [0.29, 0.717) is 48.3 Å². The van der Waals surface area contributed by atoms with Crippen LogP contribution in [0.4, 0.5) is 5.82 Å². The highest BCUT2D eigenvalue weighted by Gasteiger charge is 2.26. The Labute approximate surface area is 205 Å². The maximum atomic E-state index is 13.1. The maximum Gasteiger partial charge on any atom is 0.254 e. The Bertz CT molecular complexity index is 1310. The summed E-state index contributed by atoms with van der Waals surface area (Å²) in [5, 5.41) is 0.679. The third-order valence-electron chi connectivity index (χ3n) is 5.82. The molecule has 1 amide bonds. The van der Waals surface area contributed by atoms with Crippen LogP contribution >= 0.6 is 23.1 Å². The fourth-order valence-electron chi connectivity index (χ4n) is 4.01. The monoisotopic (exact) mass is 495 g/mol. The van der Waals surface area contributed by atoms with Crippen LogP contribution in [0.5, 0.6) is 11.5 Å².